The number of fused-ring (bicyclic) bond motifs is 1. The number of urea groups is 1. The van der Waals surface area contributed by atoms with Gasteiger partial charge in [-0.2, -0.15) is 0 Å². The van der Waals surface area contributed by atoms with E-state index in [0.717, 1.165) is 11.1 Å². The molecule has 3 atom stereocenters. The van der Waals surface area contributed by atoms with Crippen LogP contribution in [0.25, 0.3) is 0 Å². The number of hydrogen-bond donors (Lipinski definition) is 3. The Morgan fingerprint density at radius 1 is 1.50 bits per heavy atom. The van der Waals surface area contributed by atoms with Gasteiger partial charge in [0.1, 0.15) is 0 Å². The van der Waals surface area contributed by atoms with Crippen molar-refractivity contribution in [3.63, 3.8) is 0 Å². The quantitative estimate of drug-likeness (QED) is 0.794. The van der Waals surface area contributed by atoms with Crippen LogP contribution >= 0.6 is 0 Å². The van der Waals surface area contributed by atoms with Crippen molar-refractivity contribution in [1.29, 1.82) is 0 Å². The largest absolute Gasteiger partial charge is 0.390 e. The molecule has 1 unspecified atom stereocenters. The number of rotatable bonds is 4. The van der Waals surface area contributed by atoms with Crippen molar-refractivity contribution >= 4 is 6.03 Å². The van der Waals surface area contributed by atoms with Gasteiger partial charge in [-0.3, -0.25) is 0 Å². The molecule has 0 spiro atoms. The minimum atomic E-state index is -0.577. The number of benzene rings is 1. The molecule has 0 fully saturated rings. The number of hydrogen-bond acceptors (Lipinski definition) is 3. The topological polar surface area (TPSA) is 79.2 Å². The van der Waals surface area contributed by atoms with E-state index in [2.05, 4.69) is 15.6 Å². The first-order chi connectivity index (χ1) is 10.6. The molecular formula is C16H20N4O2. The predicted molar refractivity (Wildman–Crippen MR) is 82.3 cm³/mol. The van der Waals surface area contributed by atoms with E-state index in [1.165, 1.54) is 0 Å². The summed E-state index contributed by atoms with van der Waals surface area (Å²) < 4.78 is 1.91. The van der Waals surface area contributed by atoms with Crippen LogP contribution in [-0.4, -0.2) is 32.8 Å². The van der Waals surface area contributed by atoms with Gasteiger partial charge < -0.3 is 20.3 Å². The fourth-order valence-electron chi connectivity index (χ4n) is 2.91. The van der Waals surface area contributed by atoms with E-state index in [9.17, 15) is 9.90 Å². The molecule has 0 saturated heterocycles. The molecule has 0 radical (unpaired) electrons. The highest BCUT2D eigenvalue weighted by atomic mass is 16.3. The van der Waals surface area contributed by atoms with Gasteiger partial charge in [0.25, 0.3) is 0 Å². The lowest BCUT2D eigenvalue weighted by Crippen LogP contribution is -2.45. The van der Waals surface area contributed by atoms with Crippen molar-refractivity contribution in [2.24, 2.45) is 0 Å². The third kappa shape index (κ3) is 3.12. The second kappa shape index (κ2) is 6.19. The van der Waals surface area contributed by atoms with E-state index in [1.807, 2.05) is 42.0 Å². The number of amides is 2. The molecule has 0 saturated carbocycles. The first kappa shape index (κ1) is 14.6. The second-order valence-corrected chi connectivity index (χ2v) is 5.73. The van der Waals surface area contributed by atoms with E-state index in [4.69, 9.17) is 0 Å². The fourth-order valence-corrected chi connectivity index (χ4v) is 2.91. The minimum absolute atomic E-state index is 0.0389. The van der Waals surface area contributed by atoms with Crippen LogP contribution in [-0.2, 0) is 13.0 Å². The van der Waals surface area contributed by atoms with Crippen LogP contribution in [0.4, 0.5) is 4.79 Å². The monoisotopic (exact) mass is 300 g/mol. The Morgan fingerprint density at radius 2 is 2.32 bits per heavy atom. The van der Waals surface area contributed by atoms with Crippen molar-refractivity contribution in [2.45, 2.75) is 38.1 Å². The van der Waals surface area contributed by atoms with Crippen LogP contribution in [0, 0.1) is 0 Å². The summed E-state index contributed by atoms with van der Waals surface area (Å²) in [6.07, 6.45) is 5.27. The van der Waals surface area contributed by atoms with Gasteiger partial charge in [-0.05, 0) is 18.1 Å². The molecule has 6 heteroatoms. The molecular weight excluding hydrogens is 280 g/mol. The summed E-state index contributed by atoms with van der Waals surface area (Å²) in [6.45, 7) is 2.58. The molecule has 6 nitrogen and oxygen atoms in total. The van der Waals surface area contributed by atoms with Gasteiger partial charge in [0.05, 0.1) is 18.5 Å². The fraction of sp³-hybridized carbons (Fsp3) is 0.375. The minimum Gasteiger partial charge on any atom is -0.390 e. The highest BCUT2D eigenvalue weighted by Crippen LogP contribution is 2.30. The van der Waals surface area contributed by atoms with E-state index >= 15 is 0 Å². The van der Waals surface area contributed by atoms with Crippen LogP contribution < -0.4 is 10.6 Å². The predicted octanol–water partition coefficient (Wildman–Crippen LogP) is 1.23. The van der Waals surface area contributed by atoms with Gasteiger partial charge in [0.15, 0.2) is 0 Å². The molecule has 3 N–H and O–H groups in total. The summed E-state index contributed by atoms with van der Waals surface area (Å²) in [6, 6.07) is 7.14. The number of imidazole rings is 1. The molecule has 1 aromatic heterocycles. The van der Waals surface area contributed by atoms with Crippen molar-refractivity contribution < 1.29 is 9.90 Å². The average Bonchev–Trinajstić information content (AvgIpc) is 3.08. The molecule has 0 bridgehead atoms. The van der Waals surface area contributed by atoms with E-state index in [1.54, 1.807) is 12.5 Å². The van der Waals surface area contributed by atoms with E-state index in [-0.39, 0.29) is 18.1 Å². The first-order valence-corrected chi connectivity index (χ1v) is 7.42. The van der Waals surface area contributed by atoms with E-state index < -0.39 is 6.10 Å². The maximum atomic E-state index is 12.1. The van der Waals surface area contributed by atoms with Crippen LogP contribution in [0.3, 0.4) is 0 Å². The van der Waals surface area contributed by atoms with E-state index in [0.29, 0.717) is 13.0 Å². The molecule has 3 rings (SSSR count). The zero-order valence-electron chi connectivity index (χ0n) is 12.4. The Kier molecular flexibility index (Phi) is 4.11. The molecule has 1 aromatic carbocycles. The number of carbonyl (C=O) groups is 1. The lowest BCUT2D eigenvalue weighted by Gasteiger charge is -2.21. The third-order valence-corrected chi connectivity index (χ3v) is 3.91. The third-order valence-electron chi connectivity index (χ3n) is 3.91. The SMILES string of the molecule is CC(Cn1ccnc1)NC(=O)N[C@@H]1c2ccccc2C[C@@H]1O. The van der Waals surface area contributed by atoms with Crippen LogP contribution in [0.1, 0.15) is 24.1 Å². The van der Waals surface area contributed by atoms with Gasteiger partial charge >= 0.3 is 6.03 Å². The maximum absolute atomic E-state index is 12.1. The van der Waals surface area contributed by atoms with Crippen molar-refractivity contribution in [3.05, 3.63) is 54.1 Å². The van der Waals surface area contributed by atoms with Gasteiger partial charge in [0.2, 0.25) is 0 Å². The van der Waals surface area contributed by atoms with Gasteiger partial charge in [-0.25, -0.2) is 9.78 Å². The number of carbonyl (C=O) groups excluding carboxylic acids is 1. The Labute approximate surface area is 129 Å². The smallest absolute Gasteiger partial charge is 0.315 e. The summed E-state index contributed by atoms with van der Waals surface area (Å²) in [5.41, 5.74) is 2.08. The molecule has 0 aliphatic heterocycles. The summed E-state index contributed by atoms with van der Waals surface area (Å²) in [5, 5.41) is 15.9. The molecule has 1 aliphatic carbocycles. The zero-order chi connectivity index (χ0) is 15.5. The molecule has 1 heterocycles. The molecule has 22 heavy (non-hydrogen) atoms. The number of aliphatic hydroxyl groups is 1. The number of nitrogens with zero attached hydrogens (tertiary/aromatic N) is 2. The van der Waals surface area contributed by atoms with Crippen LogP contribution in [0.2, 0.25) is 0 Å². The van der Waals surface area contributed by atoms with Crippen molar-refractivity contribution in [2.75, 3.05) is 0 Å². The Bertz CT molecular complexity index is 641. The molecule has 2 amide bonds. The maximum Gasteiger partial charge on any atom is 0.315 e. The second-order valence-electron chi connectivity index (χ2n) is 5.73. The average molecular weight is 300 g/mol. The Morgan fingerprint density at radius 3 is 3.09 bits per heavy atom. The highest BCUT2D eigenvalue weighted by Gasteiger charge is 2.31. The highest BCUT2D eigenvalue weighted by molar-refractivity contribution is 5.75. The molecule has 2 aromatic rings. The first-order valence-electron chi connectivity index (χ1n) is 7.42. The van der Waals surface area contributed by atoms with Gasteiger partial charge in [0, 0.05) is 31.4 Å². The number of nitrogens with one attached hydrogen (secondary N) is 2. The number of aliphatic hydroxyl groups excluding tert-OH is 1. The zero-order valence-corrected chi connectivity index (χ0v) is 12.4. The lowest BCUT2D eigenvalue weighted by atomic mass is 10.1. The van der Waals surface area contributed by atoms with Crippen LogP contribution in [0.15, 0.2) is 43.0 Å². The van der Waals surface area contributed by atoms with Gasteiger partial charge in [-0.15, -0.1) is 0 Å². The lowest BCUT2D eigenvalue weighted by molar-refractivity contribution is 0.142. The normalized spacial score (nSPS) is 21.2. The number of aromatic nitrogens is 2. The summed E-state index contributed by atoms with van der Waals surface area (Å²) in [7, 11) is 0. The summed E-state index contributed by atoms with van der Waals surface area (Å²) in [4.78, 5) is 16.1. The van der Waals surface area contributed by atoms with Crippen molar-refractivity contribution in [1.82, 2.24) is 20.2 Å². The van der Waals surface area contributed by atoms with Crippen molar-refractivity contribution in [3.8, 4) is 0 Å². The van der Waals surface area contributed by atoms with Crippen LogP contribution in [0.5, 0.6) is 0 Å². The summed E-state index contributed by atoms with van der Waals surface area (Å²) >= 11 is 0. The standard InChI is InChI=1S/C16H20N4O2/c1-11(9-20-7-6-17-10-20)18-16(22)19-15-13-5-3-2-4-12(13)8-14(15)21/h2-7,10-11,14-15,21H,8-9H2,1H3,(H2,18,19,22)/t11?,14-,15+/m0/s1. The van der Waals surface area contributed by atoms with Gasteiger partial charge in [-0.1, -0.05) is 24.3 Å². The molecule has 1 aliphatic rings. The Hall–Kier alpha value is -2.34. The Balaban J connectivity index is 1.58. The summed E-state index contributed by atoms with van der Waals surface area (Å²) in [5.74, 6) is 0. The molecule has 116 valence electrons.